The Balaban J connectivity index is 1.56. The summed E-state index contributed by atoms with van der Waals surface area (Å²) in [6.07, 6.45) is 2.79. The molecule has 128 valence electrons. The summed E-state index contributed by atoms with van der Waals surface area (Å²) in [4.78, 5) is 27.6. The molecule has 0 spiro atoms. The van der Waals surface area contributed by atoms with Crippen LogP contribution in [0.4, 0.5) is 4.79 Å². The van der Waals surface area contributed by atoms with E-state index in [1.807, 2.05) is 6.07 Å². The number of likely N-dealkylation sites (tertiary alicyclic amines) is 1. The molecule has 0 saturated carbocycles. The van der Waals surface area contributed by atoms with Gasteiger partial charge < -0.3 is 21.3 Å². The zero-order valence-corrected chi connectivity index (χ0v) is 14.5. The number of nitrogens with one attached hydrogen (secondary N) is 2. The van der Waals surface area contributed by atoms with Gasteiger partial charge in [0, 0.05) is 22.8 Å². The summed E-state index contributed by atoms with van der Waals surface area (Å²) in [5.74, 6) is -0.217. The third-order valence-electron chi connectivity index (χ3n) is 4.06. The van der Waals surface area contributed by atoms with Gasteiger partial charge in [0.05, 0.1) is 12.5 Å². The summed E-state index contributed by atoms with van der Waals surface area (Å²) in [5, 5.41) is 5.73. The number of urea groups is 1. The lowest BCUT2D eigenvalue weighted by Gasteiger charge is -2.31. The minimum absolute atomic E-state index is 0.0192. The first-order valence-corrected chi connectivity index (χ1v) is 8.95. The highest BCUT2D eigenvalue weighted by atomic mass is 32.1. The maximum atomic E-state index is 11.7. The number of hydrogen-bond donors (Lipinski definition) is 3. The normalized spacial score (nSPS) is 18.6. The van der Waals surface area contributed by atoms with E-state index in [0.29, 0.717) is 13.1 Å². The van der Waals surface area contributed by atoms with Crippen molar-refractivity contribution in [3.05, 3.63) is 21.9 Å². The minimum atomic E-state index is -0.198. The van der Waals surface area contributed by atoms with Crippen molar-refractivity contribution < 1.29 is 9.59 Å². The van der Waals surface area contributed by atoms with Crippen LogP contribution < -0.4 is 16.4 Å². The molecule has 4 N–H and O–H groups in total. The molecule has 0 bridgehead atoms. The average Bonchev–Trinajstić information content (AvgIpc) is 2.95. The third kappa shape index (κ3) is 6.19. The number of hydrogen-bond acceptors (Lipinski definition) is 4. The quantitative estimate of drug-likeness (QED) is 0.658. The highest BCUT2D eigenvalue weighted by Crippen LogP contribution is 2.16. The van der Waals surface area contributed by atoms with E-state index >= 15 is 0 Å². The molecular weight excluding hydrogens is 312 g/mol. The summed E-state index contributed by atoms with van der Waals surface area (Å²) in [6.45, 7) is 5.89. The number of aryl methyl sites for hydroxylation is 1. The molecule has 1 aromatic heterocycles. The highest BCUT2D eigenvalue weighted by Gasteiger charge is 2.23. The second-order valence-corrected chi connectivity index (χ2v) is 7.39. The van der Waals surface area contributed by atoms with Crippen LogP contribution in [0, 0.1) is 12.8 Å². The number of carbonyl (C=O) groups excluding carboxylic acids is 2. The van der Waals surface area contributed by atoms with Gasteiger partial charge in [0.15, 0.2) is 0 Å². The number of piperidine rings is 1. The molecule has 0 unspecified atom stereocenters. The Hall–Kier alpha value is -1.60. The molecule has 1 saturated heterocycles. The van der Waals surface area contributed by atoms with Crippen molar-refractivity contribution in [2.75, 3.05) is 26.2 Å². The van der Waals surface area contributed by atoms with Gasteiger partial charge in [-0.25, -0.2) is 4.79 Å². The molecule has 0 radical (unpaired) electrons. The van der Waals surface area contributed by atoms with Gasteiger partial charge in [-0.15, -0.1) is 11.3 Å². The monoisotopic (exact) mass is 338 g/mol. The number of amides is 3. The SMILES string of the molecule is Cc1ccc(CNC(=O)NCCCN2CCC[C@H](C(N)=O)C2)s1. The Morgan fingerprint density at radius 2 is 2.22 bits per heavy atom. The molecule has 7 heteroatoms. The van der Waals surface area contributed by atoms with E-state index in [4.69, 9.17) is 5.73 Å². The van der Waals surface area contributed by atoms with Crippen LogP contribution in [0.5, 0.6) is 0 Å². The Morgan fingerprint density at radius 3 is 2.91 bits per heavy atom. The molecule has 1 aliphatic heterocycles. The van der Waals surface area contributed by atoms with Gasteiger partial charge in [-0.1, -0.05) is 0 Å². The predicted octanol–water partition coefficient (Wildman–Crippen LogP) is 1.44. The van der Waals surface area contributed by atoms with Crippen molar-refractivity contribution in [3.8, 4) is 0 Å². The van der Waals surface area contributed by atoms with Gasteiger partial charge in [0.1, 0.15) is 0 Å². The Labute approximate surface area is 141 Å². The third-order valence-corrected chi connectivity index (χ3v) is 5.06. The molecule has 2 rings (SSSR count). The summed E-state index contributed by atoms with van der Waals surface area (Å²) >= 11 is 1.69. The molecule has 0 aliphatic carbocycles. The molecular formula is C16H26N4O2S. The molecule has 1 fully saturated rings. The standard InChI is InChI=1S/C16H26N4O2S/c1-12-5-6-14(23-12)10-19-16(22)18-7-3-9-20-8-2-4-13(11-20)15(17)21/h5-6,13H,2-4,7-11H2,1H3,(H2,17,21)(H2,18,19,22)/t13-/m0/s1. The Kier molecular flexibility index (Phi) is 6.85. The van der Waals surface area contributed by atoms with E-state index in [2.05, 4.69) is 28.5 Å². The number of nitrogens with two attached hydrogens (primary N) is 1. The number of thiophene rings is 1. The number of nitrogens with zero attached hydrogens (tertiary/aromatic N) is 1. The van der Waals surface area contributed by atoms with Crippen molar-refractivity contribution in [1.82, 2.24) is 15.5 Å². The highest BCUT2D eigenvalue weighted by molar-refractivity contribution is 7.11. The fraction of sp³-hybridized carbons (Fsp3) is 0.625. The zero-order chi connectivity index (χ0) is 16.7. The molecule has 1 aromatic rings. The average molecular weight is 338 g/mol. The van der Waals surface area contributed by atoms with Crippen LogP contribution in [0.2, 0.25) is 0 Å². The minimum Gasteiger partial charge on any atom is -0.369 e. The second-order valence-electron chi connectivity index (χ2n) is 6.02. The van der Waals surface area contributed by atoms with E-state index in [-0.39, 0.29) is 17.9 Å². The van der Waals surface area contributed by atoms with Crippen LogP contribution in [0.3, 0.4) is 0 Å². The van der Waals surface area contributed by atoms with Crippen LogP contribution in [0.1, 0.15) is 29.0 Å². The van der Waals surface area contributed by atoms with Crippen LogP contribution in [-0.4, -0.2) is 43.0 Å². The maximum absolute atomic E-state index is 11.7. The van der Waals surface area contributed by atoms with Crippen LogP contribution in [0.25, 0.3) is 0 Å². The molecule has 3 amide bonds. The first-order chi connectivity index (χ1) is 11.0. The van der Waals surface area contributed by atoms with E-state index in [1.54, 1.807) is 11.3 Å². The lowest BCUT2D eigenvalue weighted by Crippen LogP contribution is -2.42. The number of rotatable bonds is 7. The van der Waals surface area contributed by atoms with Gasteiger partial charge in [-0.05, 0) is 51.4 Å². The van der Waals surface area contributed by atoms with Crippen LogP contribution >= 0.6 is 11.3 Å². The smallest absolute Gasteiger partial charge is 0.315 e. The Bertz CT molecular complexity index is 532. The summed E-state index contributed by atoms with van der Waals surface area (Å²) in [7, 11) is 0. The van der Waals surface area contributed by atoms with Crippen molar-refractivity contribution in [2.45, 2.75) is 32.7 Å². The first kappa shape index (κ1) is 17.7. The van der Waals surface area contributed by atoms with Crippen molar-refractivity contribution in [1.29, 1.82) is 0 Å². The fourth-order valence-electron chi connectivity index (χ4n) is 2.81. The summed E-state index contributed by atoms with van der Waals surface area (Å²) < 4.78 is 0. The summed E-state index contributed by atoms with van der Waals surface area (Å²) in [6, 6.07) is 3.95. The number of carbonyl (C=O) groups is 2. The van der Waals surface area contributed by atoms with Crippen molar-refractivity contribution in [2.24, 2.45) is 11.7 Å². The van der Waals surface area contributed by atoms with E-state index in [1.165, 1.54) is 4.88 Å². The van der Waals surface area contributed by atoms with Crippen molar-refractivity contribution in [3.63, 3.8) is 0 Å². The van der Waals surface area contributed by atoms with Gasteiger partial charge in [0.2, 0.25) is 5.91 Å². The van der Waals surface area contributed by atoms with Crippen LogP contribution in [-0.2, 0) is 11.3 Å². The number of primary amides is 1. The van der Waals surface area contributed by atoms with Gasteiger partial charge in [-0.2, -0.15) is 0 Å². The topological polar surface area (TPSA) is 87.5 Å². The molecule has 1 atom stereocenters. The maximum Gasteiger partial charge on any atom is 0.315 e. The van der Waals surface area contributed by atoms with Gasteiger partial charge in [0.25, 0.3) is 0 Å². The van der Waals surface area contributed by atoms with Gasteiger partial charge >= 0.3 is 6.03 Å². The van der Waals surface area contributed by atoms with E-state index < -0.39 is 0 Å². The lowest BCUT2D eigenvalue weighted by atomic mass is 9.97. The predicted molar refractivity (Wildman–Crippen MR) is 92.3 cm³/mol. The van der Waals surface area contributed by atoms with Crippen LogP contribution in [0.15, 0.2) is 12.1 Å². The summed E-state index contributed by atoms with van der Waals surface area (Å²) in [5.41, 5.74) is 5.38. The van der Waals surface area contributed by atoms with Gasteiger partial charge in [-0.3, -0.25) is 4.79 Å². The zero-order valence-electron chi connectivity index (χ0n) is 13.6. The molecule has 1 aliphatic rings. The lowest BCUT2D eigenvalue weighted by molar-refractivity contribution is -0.123. The molecule has 0 aromatic carbocycles. The van der Waals surface area contributed by atoms with E-state index in [9.17, 15) is 9.59 Å². The fourth-order valence-corrected chi connectivity index (χ4v) is 3.64. The first-order valence-electron chi connectivity index (χ1n) is 8.13. The van der Waals surface area contributed by atoms with E-state index in [0.717, 1.165) is 43.8 Å². The Morgan fingerprint density at radius 1 is 1.39 bits per heavy atom. The van der Waals surface area contributed by atoms with Crippen molar-refractivity contribution >= 4 is 23.3 Å². The largest absolute Gasteiger partial charge is 0.369 e. The molecule has 2 heterocycles. The molecule has 23 heavy (non-hydrogen) atoms. The second kappa shape index (κ2) is 8.88. The molecule has 6 nitrogen and oxygen atoms in total.